The van der Waals surface area contributed by atoms with Gasteiger partial charge in [0.05, 0.1) is 5.41 Å². The quantitative estimate of drug-likeness (QED) is 0.689. The van der Waals surface area contributed by atoms with Crippen molar-refractivity contribution in [3.63, 3.8) is 0 Å². The molecule has 0 aromatic heterocycles. The lowest BCUT2D eigenvalue weighted by molar-refractivity contribution is -0.130. The summed E-state index contributed by atoms with van der Waals surface area (Å²) in [7, 11) is 0. The maximum absolute atomic E-state index is 11.9. The van der Waals surface area contributed by atoms with E-state index in [-0.39, 0.29) is 17.4 Å². The van der Waals surface area contributed by atoms with Crippen LogP contribution in [-0.2, 0) is 4.79 Å². The highest BCUT2D eigenvalue weighted by Gasteiger charge is 2.42. The summed E-state index contributed by atoms with van der Waals surface area (Å²) in [5, 5.41) is 2.96. The van der Waals surface area contributed by atoms with E-state index in [0.29, 0.717) is 0 Å². The molecule has 4 heteroatoms. The van der Waals surface area contributed by atoms with Crippen LogP contribution >= 0.6 is 11.8 Å². The Morgan fingerprint density at radius 3 is 2.93 bits per heavy atom. The number of rotatable bonds is 4. The Morgan fingerprint density at radius 1 is 1.71 bits per heavy atom. The molecule has 1 aliphatic rings. The molecule has 3 nitrogen and oxygen atoms in total. The lowest BCUT2D eigenvalue weighted by Gasteiger charge is -2.27. The van der Waals surface area contributed by atoms with Crippen molar-refractivity contribution in [1.82, 2.24) is 5.32 Å². The predicted octanol–water partition coefficient (Wildman–Crippen LogP) is 0.983. The van der Waals surface area contributed by atoms with E-state index in [1.165, 1.54) is 0 Å². The molecule has 2 atom stereocenters. The fourth-order valence-corrected chi connectivity index (χ4v) is 2.25. The molecule has 1 amide bonds. The minimum absolute atomic E-state index is 0.0387. The van der Waals surface area contributed by atoms with E-state index in [4.69, 9.17) is 5.73 Å². The average Bonchev–Trinajstić information content (AvgIpc) is 2.49. The Morgan fingerprint density at radius 2 is 2.43 bits per heavy atom. The zero-order valence-electron chi connectivity index (χ0n) is 9.01. The third-order valence-electron chi connectivity index (χ3n) is 3.14. The third kappa shape index (κ3) is 2.42. The Hall–Kier alpha value is -0.220. The highest BCUT2D eigenvalue weighted by molar-refractivity contribution is 7.98. The van der Waals surface area contributed by atoms with Crippen LogP contribution in [0.15, 0.2) is 0 Å². The summed E-state index contributed by atoms with van der Waals surface area (Å²) in [5.74, 6) is 1.10. The van der Waals surface area contributed by atoms with Crippen molar-refractivity contribution < 1.29 is 4.79 Å². The molecule has 2 unspecified atom stereocenters. The van der Waals surface area contributed by atoms with Crippen LogP contribution in [0, 0.1) is 5.41 Å². The summed E-state index contributed by atoms with van der Waals surface area (Å²) < 4.78 is 0. The summed E-state index contributed by atoms with van der Waals surface area (Å²) >= 11 is 1.74. The summed E-state index contributed by atoms with van der Waals surface area (Å²) in [6.45, 7) is 2.74. The fourth-order valence-electron chi connectivity index (χ4n) is 1.94. The molecule has 1 aliphatic carbocycles. The lowest BCUT2D eigenvalue weighted by Crippen LogP contribution is -2.47. The van der Waals surface area contributed by atoms with Gasteiger partial charge in [0.15, 0.2) is 0 Å². The molecule has 3 N–H and O–H groups in total. The number of carbonyl (C=O) groups excluding carboxylic acids is 1. The van der Waals surface area contributed by atoms with Gasteiger partial charge in [0, 0.05) is 18.3 Å². The first-order valence-corrected chi connectivity index (χ1v) is 6.53. The van der Waals surface area contributed by atoms with E-state index in [2.05, 4.69) is 5.32 Å². The van der Waals surface area contributed by atoms with E-state index in [9.17, 15) is 4.79 Å². The number of hydrogen-bond donors (Lipinski definition) is 2. The summed E-state index contributed by atoms with van der Waals surface area (Å²) in [6.07, 6.45) is 5.02. The molecule has 1 rings (SSSR count). The van der Waals surface area contributed by atoms with Gasteiger partial charge in [-0.15, -0.1) is 0 Å². The topological polar surface area (TPSA) is 55.1 Å². The average molecular weight is 216 g/mol. The van der Waals surface area contributed by atoms with Gasteiger partial charge in [0.2, 0.25) is 5.91 Å². The molecule has 1 saturated carbocycles. The SMILES string of the molecule is CSCCNC(=O)C1(C)CCCC1N. The van der Waals surface area contributed by atoms with E-state index in [1.807, 2.05) is 13.2 Å². The second-order valence-corrected chi connectivity index (χ2v) is 5.15. The van der Waals surface area contributed by atoms with Gasteiger partial charge in [0.1, 0.15) is 0 Å². The first-order chi connectivity index (χ1) is 6.61. The van der Waals surface area contributed by atoms with Crippen molar-refractivity contribution in [1.29, 1.82) is 0 Å². The second kappa shape index (κ2) is 5.03. The van der Waals surface area contributed by atoms with Crippen LogP contribution in [0.4, 0.5) is 0 Å². The van der Waals surface area contributed by atoms with Gasteiger partial charge in [-0.1, -0.05) is 6.42 Å². The van der Waals surface area contributed by atoms with Gasteiger partial charge in [-0.05, 0) is 26.0 Å². The molecular formula is C10H20N2OS. The number of carbonyl (C=O) groups is 1. The van der Waals surface area contributed by atoms with Crippen LogP contribution in [0.3, 0.4) is 0 Å². The highest BCUT2D eigenvalue weighted by Crippen LogP contribution is 2.36. The van der Waals surface area contributed by atoms with Gasteiger partial charge < -0.3 is 11.1 Å². The van der Waals surface area contributed by atoms with Gasteiger partial charge in [0.25, 0.3) is 0 Å². The van der Waals surface area contributed by atoms with E-state index in [0.717, 1.165) is 31.6 Å². The van der Waals surface area contributed by atoms with Crippen LogP contribution < -0.4 is 11.1 Å². The van der Waals surface area contributed by atoms with Crippen LogP contribution in [0.5, 0.6) is 0 Å². The summed E-state index contributed by atoms with van der Waals surface area (Å²) in [4.78, 5) is 11.9. The molecule has 1 fully saturated rings. The van der Waals surface area contributed by atoms with Gasteiger partial charge >= 0.3 is 0 Å². The van der Waals surface area contributed by atoms with Crippen molar-refractivity contribution in [2.75, 3.05) is 18.6 Å². The zero-order valence-corrected chi connectivity index (χ0v) is 9.82. The summed E-state index contributed by atoms with van der Waals surface area (Å²) in [5.41, 5.74) is 5.63. The Balaban J connectivity index is 2.42. The molecule has 0 radical (unpaired) electrons. The smallest absolute Gasteiger partial charge is 0.227 e. The molecule has 82 valence electrons. The van der Waals surface area contributed by atoms with E-state index < -0.39 is 0 Å². The second-order valence-electron chi connectivity index (χ2n) is 4.16. The van der Waals surface area contributed by atoms with E-state index >= 15 is 0 Å². The number of hydrogen-bond acceptors (Lipinski definition) is 3. The van der Waals surface area contributed by atoms with Gasteiger partial charge in [-0.2, -0.15) is 11.8 Å². The zero-order chi connectivity index (χ0) is 10.6. The minimum Gasteiger partial charge on any atom is -0.355 e. The number of nitrogens with one attached hydrogen (secondary N) is 1. The van der Waals surface area contributed by atoms with Crippen LogP contribution in [0.1, 0.15) is 26.2 Å². The molecule has 0 heterocycles. The fraction of sp³-hybridized carbons (Fsp3) is 0.900. The Kier molecular flexibility index (Phi) is 4.26. The normalized spacial score (nSPS) is 31.8. The van der Waals surface area contributed by atoms with Crippen LogP contribution in [0.2, 0.25) is 0 Å². The molecule has 0 bridgehead atoms. The first kappa shape index (κ1) is 11.9. The van der Waals surface area contributed by atoms with Gasteiger partial charge in [-0.3, -0.25) is 4.79 Å². The molecule has 0 aromatic rings. The van der Waals surface area contributed by atoms with Crippen molar-refractivity contribution >= 4 is 17.7 Å². The molecule has 0 spiro atoms. The maximum Gasteiger partial charge on any atom is 0.227 e. The maximum atomic E-state index is 11.9. The largest absolute Gasteiger partial charge is 0.355 e. The molecular weight excluding hydrogens is 196 g/mol. The minimum atomic E-state index is -0.321. The number of nitrogens with two attached hydrogens (primary N) is 1. The van der Waals surface area contributed by atoms with E-state index in [1.54, 1.807) is 11.8 Å². The molecule has 0 saturated heterocycles. The molecule has 0 aromatic carbocycles. The molecule has 14 heavy (non-hydrogen) atoms. The van der Waals surface area contributed by atoms with Crippen molar-refractivity contribution in [3.05, 3.63) is 0 Å². The van der Waals surface area contributed by atoms with Crippen molar-refractivity contribution in [2.24, 2.45) is 11.1 Å². The van der Waals surface area contributed by atoms with Gasteiger partial charge in [-0.25, -0.2) is 0 Å². The van der Waals surface area contributed by atoms with Crippen molar-refractivity contribution in [3.8, 4) is 0 Å². The van der Waals surface area contributed by atoms with Crippen molar-refractivity contribution in [2.45, 2.75) is 32.2 Å². The Bertz CT molecular complexity index is 210. The Labute approximate surface area is 90.2 Å². The number of amides is 1. The molecule has 0 aliphatic heterocycles. The summed E-state index contributed by atoms with van der Waals surface area (Å²) in [6, 6.07) is 0.0387. The third-order valence-corrected chi connectivity index (χ3v) is 3.75. The predicted molar refractivity (Wildman–Crippen MR) is 61.3 cm³/mol. The lowest BCUT2D eigenvalue weighted by atomic mass is 9.84. The highest BCUT2D eigenvalue weighted by atomic mass is 32.2. The first-order valence-electron chi connectivity index (χ1n) is 5.14. The number of thioether (sulfide) groups is 1. The monoisotopic (exact) mass is 216 g/mol. The van der Waals surface area contributed by atoms with Crippen LogP contribution in [0.25, 0.3) is 0 Å². The van der Waals surface area contributed by atoms with Crippen LogP contribution in [-0.4, -0.2) is 30.5 Å². The standard InChI is InChI=1S/C10H20N2OS/c1-10(5-3-4-8(10)11)9(13)12-6-7-14-2/h8H,3-7,11H2,1-2H3,(H,12,13).